The Balaban J connectivity index is 1.84. The zero-order valence-electron chi connectivity index (χ0n) is 14.8. The van der Waals surface area contributed by atoms with E-state index < -0.39 is 30.0 Å². The molecule has 1 aliphatic heterocycles. The molecule has 2 unspecified atom stereocenters. The van der Waals surface area contributed by atoms with E-state index in [4.69, 9.17) is 21.4 Å². The predicted octanol–water partition coefficient (Wildman–Crippen LogP) is 6.13. The highest BCUT2D eigenvalue weighted by molar-refractivity contribution is 9.10. The third-order valence-electron chi connectivity index (χ3n) is 4.88. The molecule has 4 nitrogen and oxygen atoms in total. The van der Waals surface area contributed by atoms with Crippen molar-refractivity contribution < 1.29 is 32.6 Å². The Hall–Kier alpha value is -2.58. The number of ketones is 1. The molecule has 1 aliphatic rings. The second kappa shape index (κ2) is 7.28. The van der Waals surface area contributed by atoms with Crippen LogP contribution in [-0.4, -0.2) is 29.1 Å². The second-order valence-electron chi connectivity index (χ2n) is 6.79. The second-order valence-corrected chi connectivity index (χ2v) is 8.12. The average molecular weight is 500 g/mol. The van der Waals surface area contributed by atoms with E-state index in [1.54, 1.807) is 12.1 Å². The first-order chi connectivity index (χ1) is 14.1. The minimum absolute atomic E-state index is 0.0942. The van der Waals surface area contributed by atoms with Gasteiger partial charge in [0, 0.05) is 15.1 Å². The Morgan fingerprint density at radius 1 is 1.03 bits per heavy atom. The van der Waals surface area contributed by atoms with Crippen molar-refractivity contribution in [2.45, 2.75) is 12.3 Å². The first-order valence-corrected chi connectivity index (χ1v) is 9.77. The molecule has 3 aromatic rings. The topological polar surface area (TPSA) is 63.6 Å². The SMILES string of the molecule is O=C(O)C1C(=O)c2cc(Cl)c(-c3ccc4cc(Br)ccc4c3)cc2OC1C(F)(F)F. The molecule has 9 heteroatoms. The molecule has 0 fully saturated rings. The Kier molecular flexibility index (Phi) is 5.02. The molecular formula is C21H11BrClF3O4. The van der Waals surface area contributed by atoms with Gasteiger partial charge in [-0.25, -0.2) is 0 Å². The normalized spacial score (nSPS) is 18.8. The Bertz CT molecular complexity index is 1210. The molecule has 0 amide bonds. The van der Waals surface area contributed by atoms with Gasteiger partial charge in [0.1, 0.15) is 5.75 Å². The smallest absolute Gasteiger partial charge is 0.426 e. The number of carboxylic acids is 1. The van der Waals surface area contributed by atoms with Gasteiger partial charge in [-0.3, -0.25) is 9.59 Å². The molecule has 1 N–H and O–H groups in total. The molecule has 0 bridgehead atoms. The molecule has 4 rings (SSSR count). The summed E-state index contributed by atoms with van der Waals surface area (Å²) < 4.78 is 45.9. The summed E-state index contributed by atoms with van der Waals surface area (Å²) in [6, 6.07) is 13.4. The van der Waals surface area contributed by atoms with Gasteiger partial charge in [-0.05, 0) is 46.7 Å². The van der Waals surface area contributed by atoms with Crippen LogP contribution in [-0.2, 0) is 4.79 Å². The summed E-state index contributed by atoms with van der Waals surface area (Å²) in [4.78, 5) is 23.8. The quantitative estimate of drug-likeness (QED) is 0.431. The summed E-state index contributed by atoms with van der Waals surface area (Å²) in [6.45, 7) is 0. The van der Waals surface area contributed by atoms with Gasteiger partial charge in [0.15, 0.2) is 11.7 Å². The molecule has 0 saturated heterocycles. The molecule has 0 spiro atoms. The van der Waals surface area contributed by atoms with E-state index in [0.717, 1.165) is 21.3 Å². The standard InChI is InChI=1S/C21H11BrClF3O4/c22-12-4-3-9-5-11(2-1-10(9)6-12)13-8-16-14(7-15(13)23)18(27)17(20(28)29)19(30-16)21(24,25)26/h1-8,17,19H,(H,28,29). The van der Waals surface area contributed by atoms with Gasteiger partial charge in [-0.1, -0.05) is 45.7 Å². The molecule has 30 heavy (non-hydrogen) atoms. The zero-order valence-corrected chi connectivity index (χ0v) is 17.2. The van der Waals surface area contributed by atoms with E-state index in [2.05, 4.69) is 15.9 Å². The maximum atomic E-state index is 13.4. The van der Waals surface area contributed by atoms with E-state index in [1.165, 1.54) is 6.07 Å². The van der Waals surface area contributed by atoms with E-state index >= 15 is 0 Å². The fourth-order valence-corrected chi connectivity index (χ4v) is 4.11. The van der Waals surface area contributed by atoms with Crippen LogP contribution in [0.15, 0.2) is 53.0 Å². The van der Waals surface area contributed by atoms with Crippen molar-refractivity contribution in [1.82, 2.24) is 0 Å². The molecule has 0 aliphatic carbocycles. The molecule has 1 heterocycles. The molecular weight excluding hydrogens is 489 g/mol. The fraction of sp³-hybridized carbons (Fsp3) is 0.143. The summed E-state index contributed by atoms with van der Waals surface area (Å²) in [5.74, 6) is -5.84. The highest BCUT2D eigenvalue weighted by atomic mass is 79.9. The lowest BCUT2D eigenvalue weighted by atomic mass is 9.87. The third-order valence-corrected chi connectivity index (χ3v) is 5.68. The predicted molar refractivity (Wildman–Crippen MR) is 108 cm³/mol. The van der Waals surface area contributed by atoms with Gasteiger partial charge in [-0.15, -0.1) is 0 Å². The first kappa shape index (κ1) is 20.7. The molecule has 0 aromatic heterocycles. The van der Waals surface area contributed by atoms with Crippen LogP contribution in [0, 0.1) is 5.92 Å². The average Bonchev–Trinajstić information content (AvgIpc) is 2.66. The van der Waals surface area contributed by atoms with Gasteiger partial charge in [0.25, 0.3) is 0 Å². The van der Waals surface area contributed by atoms with Crippen LogP contribution in [0.2, 0.25) is 5.02 Å². The van der Waals surface area contributed by atoms with Crippen molar-refractivity contribution in [1.29, 1.82) is 0 Å². The number of hydrogen-bond acceptors (Lipinski definition) is 3. The van der Waals surface area contributed by atoms with E-state index in [-0.39, 0.29) is 16.3 Å². The first-order valence-electron chi connectivity index (χ1n) is 8.60. The molecule has 2 atom stereocenters. The Morgan fingerprint density at radius 3 is 2.37 bits per heavy atom. The minimum atomic E-state index is -5.04. The van der Waals surface area contributed by atoms with Crippen molar-refractivity contribution in [3.63, 3.8) is 0 Å². The largest absolute Gasteiger partial charge is 0.481 e. The number of rotatable bonds is 2. The van der Waals surface area contributed by atoms with Gasteiger partial charge < -0.3 is 9.84 Å². The number of fused-ring (bicyclic) bond motifs is 2. The number of ether oxygens (including phenoxy) is 1. The fourth-order valence-electron chi connectivity index (χ4n) is 3.46. The van der Waals surface area contributed by atoms with Crippen LogP contribution in [0.1, 0.15) is 10.4 Å². The number of halogens is 5. The Labute approximate surface area is 181 Å². The maximum Gasteiger partial charge on any atom is 0.426 e. The van der Waals surface area contributed by atoms with Crippen LogP contribution in [0.5, 0.6) is 5.75 Å². The van der Waals surface area contributed by atoms with Crippen LogP contribution >= 0.6 is 27.5 Å². The molecule has 3 aromatic carbocycles. The lowest BCUT2D eigenvalue weighted by Gasteiger charge is -2.31. The number of carbonyl (C=O) groups is 2. The summed E-state index contributed by atoms with van der Waals surface area (Å²) in [5.41, 5.74) is 0.682. The number of alkyl halides is 3. The molecule has 154 valence electrons. The number of carboxylic acid groups (broad SMARTS) is 1. The van der Waals surface area contributed by atoms with Crippen LogP contribution in [0.3, 0.4) is 0 Å². The lowest BCUT2D eigenvalue weighted by Crippen LogP contribution is -2.50. The summed E-state index contributed by atoms with van der Waals surface area (Å²) in [6.07, 6.45) is -7.81. The Morgan fingerprint density at radius 2 is 1.70 bits per heavy atom. The summed E-state index contributed by atoms with van der Waals surface area (Å²) in [5, 5.41) is 11.1. The molecule has 0 radical (unpaired) electrons. The highest BCUT2D eigenvalue weighted by Gasteiger charge is 2.56. The highest BCUT2D eigenvalue weighted by Crippen LogP contribution is 2.43. The van der Waals surface area contributed by atoms with E-state index in [9.17, 15) is 22.8 Å². The van der Waals surface area contributed by atoms with Crippen LogP contribution in [0.25, 0.3) is 21.9 Å². The van der Waals surface area contributed by atoms with Crippen LogP contribution in [0.4, 0.5) is 13.2 Å². The molecule has 0 saturated carbocycles. The summed E-state index contributed by atoms with van der Waals surface area (Å²) >= 11 is 9.69. The van der Waals surface area contributed by atoms with Gasteiger partial charge in [0.05, 0.1) is 5.56 Å². The van der Waals surface area contributed by atoms with Crippen molar-refractivity contribution >= 4 is 50.1 Å². The summed E-state index contributed by atoms with van der Waals surface area (Å²) in [7, 11) is 0. The van der Waals surface area contributed by atoms with Gasteiger partial charge in [0.2, 0.25) is 6.10 Å². The number of hydrogen-bond donors (Lipinski definition) is 1. The maximum absolute atomic E-state index is 13.4. The van der Waals surface area contributed by atoms with E-state index in [0.29, 0.717) is 11.1 Å². The number of aliphatic carboxylic acids is 1. The van der Waals surface area contributed by atoms with Crippen molar-refractivity contribution in [2.24, 2.45) is 5.92 Å². The number of carbonyl (C=O) groups excluding carboxylic acids is 1. The monoisotopic (exact) mass is 498 g/mol. The van der Waals surface area contributed by atoms with Crippen molar-refractivity contribution in [3.05, 3.63) is 63.6 Å². The number of benzene rings is 3. The van der Waals surface area contributed by atoms with Gasteiger partial charge >= 0.3 is 12.1 Å². The number of Topliss-reactive ketones (excluding diaryl/α,β-unsaturated/α-hetero) is 1. The van der Waals surface area contributed by atoms with Crippen molar-refractivity contribution in [2.75, 3.05) is 0 Å². The third kappa shape index (κ3) is 3.54. The van der Waals surface area contributed by atoms with Crippen molar-refractivity contribution in [3.8, 4) is 16.9 Å². The van der Waals surface area contributed by atoms with E-state index in [1.807, 2.05) is 24.3 Å². The zero-order chi connectivity index (χ0) is 21.8. The lowest BCUT2D eigenvalue weighted by molar-refractivity contribution is -0.211. The minimum Gasteiger partial charge on any atom is -0.481 e. The van der Waals surface area contributed by atoms with Gasteiger partial charge in [-0.2, -0.15) is 13.2 Å². The van der Waals surface area contributed by atoms with Crippen LogP contribution < -0.4 is 4.74 Å².